The molecule has 0 bridgehead atoms. The summed E-state index contributed by atoms with van der Waals surface area (Å²) in [5, 5.41) is 14.4. The van der Waals surface area contributed by atoms with Crippen LogP contribution in [-0.4, -0.2) is 61.7 Å². The molecular formula is C18H13ClN6O5. The molecule has 12 heteroatoms. The molecular weight excluding hydrogens is 416 g/mol. The number of imide groups is 3. The van der Waals surface area contributed by atoms with E-state index in [1.807, 2.05) is 0 Å². The smallest absolute Gasteiger partial charge is 0.332 e. The first-order valence-electron chi connectivity index (χ1n) is 8.63. The van der Waals surface area contributed by atoms with Crippen LogP contribution in [0.4, 0.5) is 4.79 Å². The molecule has 4 amide bonds. The molecule has 30 heavy (non-hydrogen) atoms. The minimum Gasteiger partial charge on any atom is -0.467 e. The van der Waals surface area contributed by atoms with Crippen LogP contribution in [0, 0.1) is 0 Å². The number of ether oxygens (including phenoxy) is 1. The molecule has 1 aromatic carbocycles. The SMILES string of the molecule is COC(=O)[C@H](Cc1nnc2ccc(Cl)nn12)NC(=O)N1C(=O)c2ccccc2C1=O. The first-order chi connectivity index (χ1) is 14.4. The number of hydrogen-bond donors (Lipinski definition) is 1. The lowest BCUT2D eigenvalue weighted by molar-refractivity contribution is -0.142. The summed E-state index contributed by atoms with van der Waals surface area (Å²) in [6.45, 7) is 0. The highest BCUT2D eigenvalue weighted by molar-refractivity contribution is 6.29. The molecule has 0 spiro atoms. The highest BCUT2D eigenvalue weighted by atomic mass is 35.5. The van der Waals surface area contributed by atoms with E-state index in [2.05, 4.69) is 20.6 Å². The lowest BCUT2D eigenvalue weighted by Crippen LogP contribution is -2.51. The van der Waals surface area contributed by atoms with Crippen molar-refractivity contribution in [2.45, 2.75) is 12.5 Å². The Morgan fingerprint density at radius 3 is 2.40 bits per heavy atom. The predicted octanol–water partition coefficient (Wildman–Crippen LogP) is 0.868. The van der Waals surface area contributed by atoms with Gasteiger partial charge in [0.1, 0.15) is 11.2 Å². The van der Waals surface area contributed by atoms with Gasteiger partial charge in [-0.25, -0.2) is 9.59 Å². The fourth-order valence-electron chi connectivity index (χ4n) is 3.04. The zero-order valence-electron chi connectivity index (χ0n) is 15.4. The van der Waals surface area contributed by atoms with E-state index in [1.165, 1.54) is 22.7 Å². The second kappa shape index (κ2) is 7.52. The van der Waals surface area contributed by atoms with Gasteiger partial charge < -0.3 is 10.1 Å². The van der Waals surface area contributed by atoms with Gasteiger partial charge in [-0.3, -0.25) is 9.59 Å². The number of halogens is 1. The summed E-state index contributed by atoms with van der Waals surface area (Å²) in [5.74, 6) is -2.15. The summed E-state index contributed by atoms with van der Waals surface area (Å²) in [6, 6.07) is 6.83. The number of amides is 4. The highest BCUT2D eigenvalue weighted by Crippen LogP contribution is 2.22. The molecule has 11 nitrogen and oxygen atoms in total. The summed E-state index contributed by atoms with van der Waals surface area (Å²) in [6.07, 6.45) is -0.171. The molecule has 0 radical (unpaired) electrons. The first-order valence-corrected chi connectivity index (χ1v) is 9.01. The standard InChI is InChI=1S/C18H13ClN6O5/c1-30-17(28)11(8-14-22-21-13-7-6-12(19)23-25(13)14)20-18(29)24-15(26)9-4-2-3-5-10(9)16(24)27/h2-7,11H,8H2,1H3,(H,20,29)/t11-/m0/s1. The lowest BCUT2D eigenvalue weighted by atomic mass is 10.1. The number of hydrogen-bond acceptors (Lipinski definition) is 8. The van der Waals surface area contributed by atoms with Crippen molar-refractivity contribution in [1.29, 1.82) is 0 Å². The van der Waals surface area contributed by atoms with Crippen LogP contribution in [0.5, 0.6) is 0 Å². The van der Waals surface area contributed by atoms with Gasteiger partial charge in [-0.05, 0) is 24.3 Å². The van der Waals surface area contributed by atoms with Crippen LogP contribution < -0.4 is 5.32 Å². The molecule has 0 saturated heterocycles. The number of nitrogens with zero attached hydrogens (tertiary/aromatic N) is 5. The van der Waals surface area contributed by atoms with Crippen LogP contribution >= 0.6 is 11.6 Å². The second-order valence-corrected chi connectivity index (χ2v) is 6.65. The molecule has 0 unspecified atom stereocenters. The number of aromatic nitrogens is 4. The summed E-state index contributed by atoms with van der Waals surface area (Å²) in [5.41, 5.74) is 0.591. The van der Waals surface area contributed by atoms with E-state index in [0.29, 0.717) is 10.5 Å². The Balaban J connectivity index is 1.59. The van der Waals surface area contributed by atoms with Crippen molar-refractivity contribution in [3.05, 3.63) is 58.5 Å². The number of benzene rings is 1. The Labute approximate surface area is 173 Å². The van der Waals surface area contributed by atoms with E-state index >= 15 is 0 Å². The van der Waals surface area contributed by atoms with Crippen LogP contribution in [0.15, 0.2) is 36.4 Å². The quantitative estimate of drug-likeness (QED) is 0.477. The maximum Gasteiger partial charge on any atom is 0.332 e. The lowest BCUT2D eigenvalue weighted by Gasteiger charge is -2.19. The summed E-state index contributed by atoms with van der Waals surface area (Å²) in [4.78, 5) is 50.3. The van der Waals surface area contributed by atoms with Crippen LogP contribution in [-0.2, 0) is 16.0 Å². The molecule has 2 aromatic heterocycles. The van der Waals surface area contributed by atoms with E-state index in [4.69, 9.17) is 16.3 Å². The third-order valence-electron chi connectivity index (χ3n) is 4.46. The molecule has 0 aliphatic carbocycles. The number of carbonyl (C=O) groups is 4. The third kappa shape index (κ3) is 3.24. The first kappa shape index (κ1) is 19.5. The van der Waals surface area contributed by atoms with E-state index in [0.717, 1.165) is 7.11 Å². The molecule has 3 heterocycles. The summed E-state index contributed by atoms with van der Waals surface area (Å²) >= 11 is 5.89. The Hall–Kier alpha value is -3.86. The highest BCUT2D eigenvalue weighted by Gasteiger charge is 2.41. The van der Waals surface area contributed by atoms with Crippen LogP contribution in [0.3, 0.4) is 0 Å². The maximum absolute atomic E-state index is 12.7. The number of methoxy groups -OCH3 is 1. The van der Waals surface area contributed by atoms with Crippen LogP contribution in [0.2, 0.25) is 5.15 Å². The van der Waals surface area contributed by atoms with Gasteiger partial charge in [0.05, 0.1) is 18.2 Å². The second-order valence-electron chi connectivity index (χ2n) is 6.26. The average Bonchev–Trinajstić information content (AvgIpc) is 3.25. The molecule has 1 aliphatic heterocycles. The predicted molar refractivity (Wildman–Crippen MR) is 101 cm³/mol. The van der Waals surface area contributed by atoms with E-state index in [9.17, 15) is 19.2 Å². The number of esters is 1. The minimum absolute atomic E-state index is 0.106. The largest absolute Gasteiger partial charge is 0.467 e. The van der Waals surface area contributed by atoms with Gasteiger partial charge in [-0.15, -0.1) is 10.2 Å². The Kier molecular flexibility index (Phi) is 4.88. The summed E-state index contributed by atoms with van der Waals surface area (Å²) < 4.78 is 6.04. The van der Waals surface area contributed by atoms with E-state index in [1.54, 1.807) is 18.2 Å². The van der Waals surface area contributed by atoms with E-state index < -0.39 is 29.9 Å². The van der Waals surface area contributed by atoms with Crippen molar-refractivity contribution in [1.82, 2.24) is 30.0 Å². The zero-order valence-corrected chi connectivity index (χ0v) is 16.2. The van der Waals surface area contributed by atoms with Crippen molar-refractivity contribution in [2.75, 3.05) is 7.11 Å². The Morgan fingerprint density at radius 1 is 1.10 bits per heavy atom. The average molecular weight is 429 g/mol. The number of rotatable bonds is 4. The van der Waals surface area contributed by atoms with Gasteiger partial charge in [0.25, 0.3) is 11.8 Å². The topological polar surface area (TPSA) is 136 Å². The van der Waals surface area contributed by atoms with Gasteiger partial charge in [0, 0.05) is 6.42 Å². The van der Waals surface area contributed by atoms with Crippen LogP contribution in [0.25, 0.3) is 5.65 Å². The fraction of sp³-hybridized carbons (Fsp3) is 0.167. The molecule has 4 rings (SSSR count). The molecule has 0 saturated carbocycles. The molecule has 1 aliphatic rings. The van der Waals surface area contributed by atoms with Gasteiger partial charge in [-0.1, -0.05) is 23.7 Å². The van der Waals surface area contributed by atoms with Crippen LogP contribution in [0.1, 0.15) is 26.5 Å². The molecule has 152 valence electrons. The molecule has 1 N–H and O–H groups in total. The van der Waals surface area contributed by atoms with Crippen molar-refractivity contribution in [3.63, 3.8) is 0 Å². The normalized spacial score (nSPS) is 14.0. The fourth-order valence-corrected chi connectivity index (χ4v) is 3.18. The minimum atomic E-state index is -1.26. The maximum atomic E-state index is 12.7. The Morgan fingerprint density at radius 2 is 1.77 bits per heavy atom. The molecule has 1 atom stereocenters. The zero-order chi connectivity index (χ0) is 21.4. The Bertz CT molecular complexity index is 1170. The third-order valence-corrected chi connectivity index (χ3v) is 4.66. The van der Waals surface area contributed by atoms with Crippen molar-refractivity contribution in [3.8, 4) is 0 Å². The molecule has 0 fully saturated rings. The van der Waals surface area contributed by atoms with Crippen molar-refractivity contribution >= 4 is 41.1 Å². The van der Waals surface area contributed by atoms with Gasteiger partial charge >= 0.3 is 12.0 Å². The van der Waals surface area contributed by atoms with Crippen molar-refractivity contribution in [2.24, 2.45) is 0 Å². The number of carbonyl (C=O) groups excluding carboxylic acids is 4. The monoisotopic (exact) mass is 428 g/mol. The van der Waals surface area contributed by atoms with Crippen molar-refractivity contribution < 1.29 is 23.9 Å². The number of nitrogens with one attached hydrogen (secondary N) is 1. The number of urea groups is 1. The van der Waals surface area contributed by atoms with Gasteiger partial charge in [0.2, 0.25) is 0 Å². The van der Waals surface area contributed by atoms with E-state index in [-0.39, 0.29) is 28.5 Å². The molecule has 3 aromatic rings. The van der Waals surface area contributed by atoms with Gasteiger partial charge in [-0.2, -0.15) is 14.5 Å². The van der Waals surface area contributed by atoms with Gasteiger partial charge in [0.15, 0.2) is 11.5 Å². The number of fused-ring (bicyclic) bond motifs is 2. The summed E-state index contributed by atoms with van der Waals surface area (Å²) in [7, 11) is 1.14.